The van der Waals surface area contributed by atoms with Gasteiger partial charge in [0.15, 0.2) is 9.84 Å². The Morgan fingerprint density at radius 1 is 1.53 bits per heavy atom. The van der Waals surface area contributed by atoms with E-state index in [0.717, 1.165) is 6.26 Å². The summed E-state index contributed by atoms with van der Waals surface area (Å²) in [5.74, 6) is -0.852. The number of primary amides is 1. The van der Waals surface area contributed by atoms with Crippen molar-refractivity contribution in [1.29, 1.82) is 0 Å². The fourth-order valence-electron chi connectivity index (χ4n) is 1.49. The van der Waals surface area contributed by atoms with Gasteiger partial charge in [0.2, 0.25) is 5.91 Å². The SMILES string of the molecule is CS(=O)(=O)c1cccc(Cl)c1CNCC(O)C(N)=O. The molecule has 106 valence electrons. The fraction of sp³-hybridized carbons (Fsp3) is 0.364. The monoisotopic (exact) mass is 306 g/mol. The van der Waals surface area contributed by atoms with E-state index in [1.165, 1.54) is 6.07 Å². The predicted molar refractivity (Wildman–Crippen MR) is 71.5 cm³/mol. The average molecular weight is 307 g/mol. The molecule has 0 saturated heterocycles. The van der Waals surface area contributed by atoms with Crippen molar-refractivity contribution in [2.75, 3.05) is 12.8 Å². The summed E-state index contributed by atoms with van der Waals surface area (Å²) < 4.78 is 23.2. The van der Waals surface area contributed by atoms with Crippen LogP contribution in [0.1, 0.15) is 5.56 Å². The molecule has 1 amide bonds. The minimum absolute atomic E-state index is 0.0796. The van der Waals surface area contributed by atoms with Gasteiger partial charge in [-0.1, -0.05) is 17.7 Å². The van der Waals surface area contributed by atoms with Gasteiger partial charge in [0, 0.05) is 29.9 Å². The first-order valence-corrected chi connectivity index (χ1v) is 7.66. The van der Waals surface area contributed by atoms with Crippen LogP contribution in [0.4, 0.5) is 0 Å². The van der Waals surface area contributed by atoms with Crippen molar-refractivity contribution < 1.29 is 18.3 Å². The van der Waals surface area contributed by atoms with E-state index in [0.29, 0.717) is 10.6 Å². The Morgan fingerprint density at radius 3 is 2.68 bits per heavy atom. The molecular weight excluding hydrogens is 292 g/mol. The number of hydrogen-bond acceptors (Lipinski definition) is 5. The maximum Gasteiger partial charge on any atom is 0.247 e. The van der Waals surface area contributed by atoms with E-state index in [1.54, 1.807) is 12.1 Å². The topological polar surface area (TPSA) is 109 Å². The molecule has 0 saturated carbocycles. The highest BCUT2D eigenvalue weighted by atomic mass is 35.5. The molecule has 0 fully saturated rings. The second-order valence-corrected chi connectivity index (χ2v) is 6.43. The van der Waals surface area contributed by atoms with Gasteiger partial charge in [0.25, 0.3) is 0 Å². The Balaban J connectivity index is 2.87. The van der Waals surface area contributed by atoms with E-state index in [2.05, 4.69) is 5.32 Å². The first kappa shape index (κ1) is 15.9. The lowest BCUT2D eigenvalue weighted by atomic mass is 10.2. The molecule has 0 aliphatic rings. The second kappa shape index (κ2) is 6.33. The number of sulfone groups is 1. The molecule has 8 heteroatoms. The number of hydrogen-bond donors (Lipinski definition) is 3. The molecule has 6 nitrogen and oxygen atoms in total. The average Bonchev–Trinajstić information content (AvgIpc) is 2.29. The van der Waals surface area contributed by atoms with E-state index >= 15 is 0 Å². The van der Waals surface area contributed by atoms with Crippen molar-refractivity contribution >= 4 is 27.3 Å². The van der Waals surface area contributed by atoms with E-state index < -0.39 is 21.8 Å². The van der Waals surface area contributed by atoms with Crippen LogP contribution in [0.2, 0.25) is 5.02 Å². The minimum atomic E-state index is -3.40. The predicted octanol–water partition coefficient (Wildman–Crippen LogP) is -0.321. The van der Waals surface area contributed by atoms with Gasteiger partial charge in [-0.3, -0.25) is 4.79 Å². The van der Waals surface area contributed by atoms with Crippen molar-refractivity contribution in [2.24, 2.45) is 5.73 Å². The molecule has 0 aliphatic carbocycles. The Kier molecular flexibility index (Phi) is 5.30. The third kappa shape index (κ3) is 4.46. The lowest BCUT2D eigenvalue weighted by Crippen LogP contribution is -2.37. The molecule has 1 aromatic carbocycles. The Morgan fingerprint density at radius 2 is 2.16 bits per heavy atom. The highest BCUT2D eigenvalue weighted by Gasteiger charge is 2.16. The molecule has 1 aromatic rings. The van der Waals surface area contributed by atoms with Crippen molar-refractivity contribution in [2.45, 2.75) is 17.5 Å². The van der Waals surface area contributed by atoms with Crippen LogP contribution in [0.25, 0.3) is 0 Å². The molecule has 1 atom stereocenters. The first-order valence-electron chi connectivity index (χ1n) is 5.39. The van der Waals surface area contributed by atoms with E-state index in [9.17, 15) is 18.3 Å². The largest absolute Gasteiger partial charge is 0.382 e. The van der Waals surface area contributed by atoms with Crippen LogP contribution in [0.15, 0.2) is 23.1 Å². The molecule has 0 aromatic heterocycles. The number of aliphatic hydroxyl groups is 1. The summed E-state index contributed by atoms with van der Waals surface area (Å²) in [7, 11) is -3.40. The van der Waals surface area contributed by atoms with Gasteiger partial charge in [-0.15, -0.1) is 0 Å². The Labute approximate surface area is 116 Å². The molecule has 0 heterocycles. The standard InChI is InChI=1S/C11H15ClN2O4S/c1-19(17,18)10-4-2-3-8(12)7(10)5-14-6-9(15)11(13)16/h2-4,9,14-15H,5-6H2,1H3,(H2,13,16). The summed E-state index contributed by atoms with van der Waals surface area (Å²) in [6.07, 6.45) is -0.246. The van der Waals surface area contributed by atoms with Crippen molar-refractivity contribution in [1.82, 2.24) is 5.32 Å². The normalized spacial score (nSPS) is 13.2. The van der Waals surface area contributed by atoms with Gasteiger partial charge < -0.3 is 16.2 Å². The van der Waals surface area contributed by atoms with E-state index in [-0.39, 0.29) is 18.0 Å². The molecule has 0 aliphatic heterocycles. The summed E-state index contributed by atoms with van der Waals surface area (Å²) in [6.45, 7) is 0.0240. The number of nitrogens with one attached hydrogen (secondary N) is 1. The number of benzene rings is 1. The van der Waals surface area contributed by atoms with Crippen LogP contribution < -0.4 is 11.1 Å². The van der Waals surface area contributed by atoms with Crippen LogP contribution in [-0.2, 0) is 21.2 Å². The number of rotatable bonds is 6. The van der Waals surface area contributed by atoms with Gasteiger partial charge in [-0.2, -0.15) is 0 Å². The molecule has 4 N–H and O–H groups in total. The number of amides is 1. The molecule has 0 bridgehead atoms. The van der Waals surface area contributed by atoms with Crippen LogP contribution >= 0.6 is 11.6 Å². The molecule has 1 rings (SSSR count). The van der Waals surface area contributed by atoms with Crippen LogP contribution in [-0.4, -0.2) is 38.3 Å². The zero-order chi connectivity index (χ0) is 14.6. The van der Waals surface area contributed by atoms with Crippen LogP contribution in [0, 0.1) is 0 Å². The summed E-state index contributed by atoms with van der Waals surface area (Å²) in [5.41, 5.74) is 5.29. The summed E-state index contributed by atoms with van der Waals surface area (Å²) in [4.78, 5) is 10.8. The lowest BCUT2D eigenvalue weighted by molar-refractivity contribution is -0.125. The summed E-state index contributed by atoms with van der Waals surface area (Å²) in [6, 6.07) is 4.56. The first-order chi connectivity index (χ1) is 8.73. The van der Waals surface area contributed by atoms with Gasteiger partial charge in [-0.05, 0) is 12.1 Å². The highest BCUT2D eigenvalue weighted by Crippen LogP contribution is 2.23. The van der Waals surface area contributed by atoms with Crippen LogP contribution in [0.5, 0.6) is 0 Å². The van der Waals surface area contributed by atoms with E-state index in [1.807, 2.05) is 0 Å². The molecular formula is C11H15ClN2O4S. The zero-order valence-corrected chi connectivity index (χ0v) is 11.8. The quantitative estimate of drug-likeness (QED) is 0.667. The maximum atomic E-state index is 11.6. The fourth-order valence-corrected chi connectivity index (χ4v) is 2.75. The third-order valence-corrected chi connectivity index (χ3v) is 3.98. The zero-order valence-electron chi connectivity index (χ0n) is 10.3. The lowest BCUT2D eigenvalue weighted by Gasteiger charge is -2.12. The van der Waals surface area contributed by atoms with Crippen molar-refractivity contribution in [3.05, 3.63) is 28.8 Å². The van der Waals surface area contributed by atoms with Crippen molar-refractivity contribution in [3.63, 3.8) is 0 Å². The highest BCUT2D eigenvalue weighted by molar-refractivity contribution is 7.90. The van der Waals surface area contributed by atoms with E-state index in [4.69, 9.17) is 17.3 Å². The second-order valence-electron chi connectivity index (χ2n) is 4.04. The molecule has 0 spiro atoms. The van der Waals surface area contributed by atoms with Gasteiger partial charge >= 0.3 is 0 Å². The number of nitrogens with two attached hydrogens (primary N) is 1. The van der Waals surface area contributed by atoms with Crippen molar-refractivity contribution in [3.8, 4) is 0 Å². The number of halogens is 1. The summed E-state index contributed by atoms with van der Waals surface area (Å²) in [5, 5.41) is 12.2. The molecule has 0 radical (unpaired) electrons. The van der Waals surface area contributed by atoms with Crippen LogP contribution in [0.3, 0.4) is 0 Å². The Bertz CT molecular complexity index is 574. The molecule has 1 unspecified atom stereocenters. The van der Waals surface area contributed by atoms with Gasteiger partial charge in [-0.25, -0.2) is 8.42 Å². The smallest absolute Gasteiger partial charge is 0.247 e. The maximum absolute atomic E-state index is 11.6. The number of carbonyl (C=O) groups excluding carboxylic acids is 1. The Hall–Kier alpha value is -1.15. The number of carbonyl (C=O) groups is 1. The minimum Gasteiger partial charge on any atom is -0.382 e. The number of aliphatic hydroxyl groups excluding tert-OH is 1. The summed E-state index contributed by atoms with van der Waals surface area (Å²) >= 11 is 5.95. The third-order valence-electron chi connectivity index (χ3n) is 2.44. The molecule has 19 heavy (non-hydrogen) atoms. The van der Waals surface area contributed by atoms with Gasteiger partial charge in [0.1, 0.15) is 6.10 Å². The van der Waals surface area contributed by atoms with Gasteiger partial charge in [0.05, 0.1) is 4.90 Å².